The van der Waals surface area contributed by atoms with E-state index in [9.17, 15) is 9.59 Å². The van der Waals surface area contributed by atoms with Crippen molar-refractivity contribution in [3.8, 4) is 5.75 Å². The van der Waals surface area contributed by atoms with Gasteiger partial charge in [-0.1, -0.05) is 42.5 Å². The average molecular weight is 401 g/mol. The van der Waals surface area contributed by atoms with E-state index in [-0.39, 0.29) is 24.3 Å². The van der Waals surface area contributed by atoms with Crippen LogP contribution in [-0.4, -0.2) is 24.1 Å². The fourth-order valence-corrected chi connectivity index (χ4v) is 3.03. The zero-order valence-corrected chi connectivity index (χ0v) is 16.7. The number of rotatable bonds is 7. The first-order chi connectivity index (χ1) is 14.6. The number of carbonyl (C=O) groups is 2. The SMILES string of the molecule is C/C(=N/NC(=O)COc1ccc2ccccc2c1)c1ccc(NC(=O)C2CC2)cc1. The molecule has 1 aliphatic rings. The fraction of sp³-hybridized carbons (Fsp3) is 0.208. The summed E-state index contributed by atoms with van der Waals surface area (Å²) >= 11 is 0. The fourth-order valence-electron chi connectivity index (χ4n) is 3.03. The van der Waals surface area contributed by atoms with Gasteiger partial charge in [0.25, 0.3) is 5.91 Å². The second-order valence-corrected chi connectivity index (χ2v) is 7.37. The Balaban J connectivity index is 1.28. The van der Waals surface area contributed by atoms with Crippen LogP contribution in [-0.2, 0) is 9.59 Å². The molecule has 0 atom stereocenters. The van der Waals surface area contributed by atoms with Gasteiger partial charge in [-0.05, 0) is 60.4 Å². The molecular formula is C24H23N3O3. The number of fused-ring (bicyclic) bond motifs is 1. The molecule has 152 valence electrons. The lowest BCUT2D eigenvalue weighted by atomic mass is 10.1. The molecule has 0 bridgehead atoms. The zero-order valence-electron chi connectivity index (χ0n) is 16.7. The van der Waals surface area contributed by atoms with Crippen LogP contribution < -0.4 is 15.5 Å². The van der Waals surface area contributed by atoms with Crippen molar-refractivity contribution in [3.05, 3.63) is 72.3 Å². The molecule has 2 N–H and O–H groups in total. The maximum Gasteiger partial charge on any atom is 0.277 e. The summed E-state index contributed by atoms with van der Waals surface area (Å²) < 4.78 is 5.57. The topological polar surface area (TPSA) is 79.8 Å². The molecule has 0 saturated heterocycles. The van der Waals surface area contributed by atoms with Gasteiger partial charge in [0.2, 0.25) is 5.91 Å². The van der Waals surface area contributed by atoms with Crippen LogP contribution in [0.5, 0.6) is 5.75 Å². The Hall–Kier alpha value is -3.67. The van der Waals surface area contributed by atoms with E-state index in [4.69, 9.17) is 4.74 Å². The number of hydrogen-bond acceptors (Lipinski definition) is 4. The lowest BCUT2D eigenvalue weighted by Gasteiger charge is -2.08. The van der Waals surface area contributed by atoms with Gasteiger partial charge in [0.05, 0.1) is 5.71 Å². The Morgan fingerprint density at radius 2 is 1.73 bits per heavy atom. The third kappa shape index (κ3) is 5.03. The number of hydrazone groups is 1. The normalized spacial score (nSPS) is 13.7. The molecule has 0 radical (unpaired) electrons. The Kier molecular flexibility index (Phi) is 5.75. The van der Waals surface area contributed by atoms with Crippen LogP contribution >= 0.6 is 0 Å². The minimum absolute atomic E-state index is 0.0758. The highest BCUT2D eigenvalue weighted by atomic mass is 16.5. The molecule has 1 aliphatic carbocycles. The van der Waals surface area contributed by atoms with Crippen molar-refractivity contribution in [1.29, 1.82) is 0 Å². The minimum Gasteiger partial charge on any atom is -0.484 e. The second-order valence-electron chi connectivity index (χ2n) is 7.37. The van der Waals surface area contributed by atoms with Crippen molar-refractivity contribution >= 4 is 34.0 Å². The number of nitrogens with zero attached hydrogens (tertiary/aromatic N) is 1. The summed E-state index contributed by atoms with van der Waals surface area (Å²) in [6, 6.07) is 21.1. The number of nitrogens with one attached hydrogen (secondary N) is 2. The van der Waals surface area contributed by atoms with E-state index in [0.29, 0.717) is 11.5 Å². The monoisotopic (exact) mass is 401 g/mol. The average Bonchev–Trinajstić information content (AvgIpc) is 3.62. The maximum absolute atomic E-state index is 12.1. The van der Waals surface area contributed by atoms with Crippen molar-refractivity contribution in [2.24, 2.45) is 11.0 Å². The maximum atomic E-state index is 12.1. The van der Waals surface area contributed by atoms with E-state index in [2.05, 4.69) is 15.8 Å². The molecule has 4 rings (SSSR count). The van der Waals surface area contributed by atoms with Gasteiger partial charge in [-0.3, -0.25) is 9.59 Å². The lowest BCUT2D eigenvalue weighted by Crippen LogP contribution is -2.25. The first-order valence-corrected chi connectivity index (χ1v) is 9.94. The van der Waals surface area contributed by atoms with Gasteiger partial charge in [0.15, 0.2) is 6.61 Å². The molecule has 1 saturated carbocycles. The van der Waals surface area contributed by atoms with Crippen LogP contribution in [0.25, 0.3) is 10.8 Å². The van der Waals surface area contributed by atoms with Crippen molar-refractivity contribution in [2.45, 2.75) is 19.8 Å². The molecule has 30 heavy (non-hydrogen) atoms. The highest BCUT2D eigenvalue weighted by Gasteiger charge is 2.29. The van der Waals surface area contributed by atoms with Gasteiger partial charge >= 0.3 is 0 Å². The molecule has 3 aromatic rings. The van der Waals surface area contributed by atoms with Crippen LogP contribution in [0.2, 0.25) is 0 Å². The van der Waals surface area contributed by atoms with E-state index in [1.807, 2.05) is 73.7 Å². The first kappa shape index (κ1) is 19.6. The number of amides is 2. The molecule has 2 amide bonds. The number of benzene rings is 3. The van der Waals surface area contributed by atoms with E-state index in [1.54, 1.807) is 0 Å². The van der Waals surface area contributed by atoms with Crippen LogP contribution in [0.4, 0.5) is 5.69 Å². The standard InChI is InChI=1S/C24H23N3O3/c1-16(17-8-11-21(12-9-17)25-24(29)19-6-7-19)26-27-23(28)15-30-22-13-10-18-4-2-3-5-20(18)14-22/h2-5,8-14,19H,6-7,15H2,1H3,(H,25,29)(H,27,28)/b26-16-. The molecular weight excluding hydrogens is 378 g/mol. The highest BCUT2D eigenvalue weighted by Crippen LogP contribution is 2.30. The molecule has 0 heterocycles. The molecule has 0 unspecified atom stereocenters. The summed E-state index contributed by atoms with van der Waals surface area (Å²) in [5.74, 6) is 0.538. The number of ether oxygens (including phenoxy) is 1. The van der Waals surface area contributed by atoms with Crippen LogP contribution in [0.3, 0.4) is 0 Å². The largest absolute Gasteiger partial charge is 0.484 e. The van der Waals surface area contributed by atoms with E-state index < -0.39 is 0 Å². The van der Waals surface area contributed by atoms with Gasteiger partial charge in [-0.2, -0.15) is 5.10 Å². The van der Waals surface area contributed by atoms with Gasteiger partial charge in [0, 0.05) is 11.6 Å². The van der Waals surface area contributed by atoms with E-state index in [1.165, 1.54) is 0 Å². The second kappa shape index (κ2) is 8.78. The molecule has 1 fully saturated rings. The Bertz CT molecular complexity index is 1100. The summed E-state index contributed by atoms with van der Waals surface area (Å²) in [5, 5.41) is 9.21. The van der Waals surface area contributed by atoms with Gasteiger partial charge in [-0.25, -0.2) is 5.43 Å². The molecule has 0 aliphatic heterocycles. The van der Waals surface area contributed by atoms with E-state index in [0.717, 1.165) is 34.9 Å². The molecule has 3 aromatic carbocycles. The zero-order chi connectivity index (χ0) is 20.9. The Morgan fingerprint density at radius 1 is 1.00 bits per heavy atom. The van der Waals surface area contributed by atoms with Crippen molar-refractivity contribution < 1.29 is 14.3 Å². The quantitative estimate of drug-likeness (QED) is 0.462. The van der Waals surface area contributed by atoms with Crippen molar-refractivity contribution in [3.63, 3.8) is 0 Å². The summed E-state index contributed by atoms with van der Waals surface area (Å²) in [6.45, 7) is 1.68. The molecule has 0 aromatic heterocycles. The third-order valence-corrected chi connectivity index (χ3v) is 4.96. The number of anilines is 1. The van der Waals surface area contributed by atoms with Crippen LogP contribution in [0.15, 0.2) is 71.8 Å². The number of hydrogen-bond donors (Lipinski definition) is 2. The predicted octanol–water partition coefficient (Wildman–Crippen LogP) is 4.11. The van der Waals surface area contributed by atoms with Gasteiger partial charge < -0.3 is 10.1 Å². The number of carbonyl (C=O) groups excluding carboxylic acids is 2. The first-order valence-electron chi connectivity index (χ1n) is 9.94. The smallest absolute Gasteiger partial charge is 0.277 e. The Morgan fingerprint density at radius 3 is 2.47 bits per heavy atom. The molecule has 0 spiro atoms. The molecule has 6 heteroatoms. The van der Waals surface area contributed by atoms with Crippen molar-refractivity contribution in [1.82, 2.24) is 5.43 Å². The lowest BCUT2D eigenvalue weighted by molar-refractivity contribution is -0.123. The van der Waals surface area contributed by atoms with Gasteiger partial charge in [-0.15, -0.1) is 0 Å². The van der Waals surface area contributed by atoms with Crippen LogP contribution in [0, 0.1) is 5.92 Å². The van der Waals surface area contributed by atoms with E-state index >= 15 is 0 Å². The van der Waals surface area contributed by atoms with Gasteiger partial charge in [0.1, 0.15) is 5.75 Å². The van der Waals surface area contributed by atoms with Crippen LogP contribution in [0.1, 0.15) is 25.3 Å². The van der Waals surface area contributed by atoms with Crippen molar-refractivity contribution in [2.75, 3.05) is 11.9 Å². The summed E-state index contributed by atoms with van der Waals surface area (Å²) in [6.07, 6.45) is 1.94. The highest BCUT2D eigenvalue weighted by molar-refractivity contribution is 6.00. The summed E-state index contributed by atoms with van der Waals surface area (Å²) in [7, 11) is 0. The molecule has 6 nitrogen and oxygen atoms in total. The summed E-state index contributed by atoms with van der Waals surface area (Å²) in [5.41, 5.74) is 4.79. The summed E-state index contributed by atoms with van der Waals surface area (Å²) in [4.78, 5) is 23.9. The Labute approximate surface area is 174 Å². The third-order valence-electron chi connectivity index (χ3n) is 4.96. The minimum atomic E-state index is -0.337. The predicted molar refractivity (Wildman–Crippen MR) is 118 cm³/mol.